The molecule has 0 heterocycles. The van der Waals surface area contributed by atoms with Crippen molar-refractivity contribution in [2.45, 2.75) is 38.3 Å². The number of nitrogens with one attached hydrogen (secondary N) is 1. The van der Waals surface area contributed by atoms with Gasteiger partial charge in [0.25, 0.3) is 0 Å². The molecular formula is C10H21N3O. The standard InChI is InChI=1S/C10H21N3O/c1-4-13(8-5-6-8)7-10(2,12-3)9(11)14/h8,12H,4-7H2,1-3H3,(H2,11,14). The van der Waals surface area contributed by atoms with E-state index in [2.05, 4.69) is 17.1 Å². The van der Waals surface area contributed by atoms with Gasteiger partial charge < -0.3 is 11.1 Å². The minimum atomic E-state index is -0.599. The molecule has 1 aliphatic carbocycles. The van der Waals surface area contributed by atoms with E-state index in [9.17, 15) is 4.79 Å². The molecule has 3 N–H and O–H groups in total. The van der Waals surface area contributed by atoms with Crippen LogP contribution in [-0.4, -0.2) is 42.5 Å². The quantitative estimate of drug-likeness (QED) is 0.630. The third-order valence-electron chi connectivity index (χ3n) is 3.08. The number of carbonyl (C=O) groups is 1. The van der Waals surface area contributed by atoms with Gasteiger partial charge in [0.15, 0.2) is 0 Å². The molecule has 1 rings (SSSR count). The Morgan fingerprint density at radius 2 is 2.21 bits per heavy atom. The van der Waals surface area contributed by atoms with Crippen LogP contribution in [0.4, 0.5) is 0 Å². The number of hydrogen-bond acceptors (Lipinski definition) is 3. The average molecular weight is 199 g/mol. The first-order valence-corrected chi connectivity index (χ1v) is 5.26. The Hall–Kier alpha value is -0.610. The van der Waals surface area contributed by atoms with Gasteiger partial charge in [-0.25, -0.2) is 0 Å². The van der Waals surface area contributed by atoms with E-state index in [-0.39, 0.29) is 5.91 Å². The maximum absolute atomic E-state index is 11.3. The molecule has 1 aliphatic rings. The molecule has 0 spiro atoms. The Balaban J connectivity index is 2.57. The van der Waals surface area contributed by atoms with Gasteiger partial charge in [-0.05, 0) is 33.4 Å². The second-order valence-corrected chi connectivity index (χ2v) is 4.24. The molecule has 0 saturated heterocycles. The summed E-state index contributed by atoms with van der Waals surface area (Å²) in [6.07, 6.45) is 2.51. The molecule has 82 valence electrons. The molecule has 14 heavy (non-hydrogen) atoms. The number of nitrogens with zero attached hydrogens (tertiary/aromatic N) is 1. The van der Waals surface area contributed by atoms with Gasteiger partial charge in [0.1, 0.15) is 5.54 Å². The van der Waals surface area contributed by atoms with Crippen molar-refractivity contribution in [1.29, 1.82) is 0 Å². The van der Waals surface area contributed by atoms with Crippen molar-refractivity contribution >= 4 is 5.91 Å². The second kappa shape index (κ2) is 4.28. The summed E-state index contributed by atoms with van der Waals surface area (Å²) in [4.78, 5) is 13.6. The fraction of sp³-hybridized carbons (Fsp3) is 0.900. The van der Waals surface area contributed by atoms with Crippen molar-refractivity contribution in [2.24, 2.45) is 5.73 Å². The van der Waals surface area contributed by atoms with Crippen molar-refractivity contribution in [1.82, 2.24) is 10.2 Å². The monoisotopic (exact) mass is 199 g/mol. The summed E-state index contributed by atoms with van der Waals surface area (Å²) in [7, 11) is 1.78. The Morgan fingerprint density at radius 1 is 1.64 bits per heavy atom. The van der Waals surface area contributed by atoms with E-state index < -0.39 is 5.54 Å². The number of rotatable bonds is 6. The molecule has 1 unspecified atom stereocenters. The van der Waals surface area contributed by atoms with E-state index in [0.717, 1.165) is 6.54 Å². The first kappa shape index (κ1) is 11.5. The summed E-state index contributed by atoms with van der Waals surface area (Å²) in [5.41, 5.74) is 4.78. The highest BCUT2D eigenvalue weighted by atomic mass is 16.1. The van der Waals surface area contributed by atoms with E-state index in [1.165, 1.54) is 12.8 Å². The normalized spacial score (nSPS) is 20.9. The van der Waals surface area contributed by atoms with Gasteiger partial charge >= 0.3 is 0 Å². The molecule has 1 fully saturated rings. The third-order valence-corrected chi connectivity index (χ3v) is 3.08. The van der Waals surface area contributed by atoms with Crippen molar-refractivity contribution in [3.8, 4) is 0 Å². The van der Waals surface area contributed by atoms with Crippen molar-refractivity contribution in [2.75, 3.05) is 20.1 Å². The first-order valence-electron chi connectivity index (χ1n) is 5.26. The molecule has 4 nitrogen and oxygen atoms in total. The molecular weight excluding hydrogens is 178 g/mol. The Kier molecular flexibility index (Phi) is 3.50. The minimum Gasteiger partial charge on any atom is -0.368 e. The van der Waals surface area contributed by atoms with Crippen LogP contribution in [0, 0.1) is 0 Å². The van der Waals surface area contributed by atoms with E-state index in [1.807, 2.05) is 6.92 Å². The smallest absolute Gasteiger partial charge is 0.238 e. The molecule has 0 bridgehead atoms. The van der Waals surface area contributed by atoms with Crippen LogP contribution in [-0.2, 0) is 4.79 Å². The van der Waals surface area contributed by atoms with Crippen LogP contribution in [0.2, 0.25) is 0 Å². The minimum absolute atomic E-state index is 0.279. The van der Waals surface area contributed by atoms with Gasteiger partial charge in [-0.1, -0.05) is 6.92 Å². The maximum Gasteiger partial charge on any atom is 0.238 e. The molecule has 0 radical (unpaired) electrons. The Morgan fingerprint density at radius 3 is 2.50 bits per heavy atom. The fourth-order valence-electron chi connectivity index (χ4n) is 1.63. The largest absolute Gasteiger partial charge is 0.368 e. The van der Waals surface area contributed by atoms with Crippen LogP contribution in [0.5, 0.6) is 0 Å². The number of hydrogen-bond donors (Lipinski definition) is 2. The zero-order valence-electron chi connectivity index (χ0n) is 9.34. The highest BCUT2D eigenvalue weighted by Gasteiger charge is 2.36. The van der Waals surface area contributed by atoms with Crippen LogP contribution < -0.4 is 11.1 Å². The summed E-state index contributed by atoms with van der Waals surface area (Å²) in [5, 5.41) is 3.01. The molecule has 1 amide bonds. The summed E-state index contributed by atoms with van der Waals surface area (Å²) < 4.78 is 0. The van der Waals surface area contributed by atoms with Crippen LogP contribution in [0.15, 0.2) is 0 Å². The highest BCUT2D eigenvalue weighted by molar-refractivity contribution is 5.84. The van der Waals surface area contributed by atoms with Gasteiger partial charge in [0, 0.05) is 12.6 Å². The van der Waals surface area contributed by atoms with Crippen molar-refractivity contribution in [3.05, 3.63) is 0 Å². The van der Waals surface area contributed by atoms with Gasteiger partial charge in [-0.2, -0.15) is 0 Å². The lowest BCUT2D eigenvalue weighted by atomic mass is 10.0. The summed E-state index contributed by atoms with van der Waals surface area (Å²) in [5.74, 6) is -0.279. The number of likely N-dealkylation sites (N-methyl/N-ethyl adjacent to an activating group) is 2. The van der Waals surface area contributed by atoms with Crippen molar-refractivity contribution < 1.29 is 4.79 Å². The molecule has 0 aromatic rings. The summed E-state index contributed by atoms with van der Waals surface area (Å²) >= 11 is 0. The van der Waals surface area contributed by atoms with Gasteiger partial charge in [-0.15, -0.1) is 0 Å². The van der Waals surface area contributed by atoms with E-state index in [1.54, 1.807) is 7.05 Å². The number of nitrogens with two attached hydrogens (primary N) is 1. The number of amides is 1. The van der Waals surface area contributed by atoms with E-state index >= 15 is 0 Å². The number of primary amides is 1. The van der Waals surface area contributed by atoms with E-state index in [0.29, 0.717) is 12.6 Å². The summed E-state index contributed by atoms with van der Waals surface area (Å²) in [6.45, 7) is 5.67. The Bertz CT molecular complexity index is 215. The number of carbonyl (C=O) groups excluding carboxylic acids is 1. The van der Waals surface area contributed by atoms with Crippen molar-refractivity contribution in [3.63, 3.8) is 0 Å². The van der Waals surface area contributed by atoms with Crippen LogP contribution >= 0.6 is 0 Å². The average Bonchev–Trinajstić information content (AvgIpc) is 2.96. The second-order valence-electron chi connectivity index (χ2n) is 4.24. The van der Waals surface area contributed by atoms with Crippen LogP contribution in [0.3, 0.4) is 0 Å². The van der Waals surface area contributed by atoms with Crippen LogP contribution in [0.1, 0.15) is 26.7 Å². The van der Waals surface area contributed by atoms with Crippen LogP contribution in [0.25, 0.3) is 0 Å². The SMILES string of the molecule is CCN(CC(C)(NC)C(N)=O)C1CC1. The lowest BCUT2D eigenvalue weighted by Gasteiger charge is -2.32. The maximum atomic E-state index is 11.3. The lowest BCUT2D eigenvalue weighted by Crippen LogP contribution is -2.58. The predicted molar refractivity (Wildman–Crippen MR) is 56.9 cm³/mol. The molecule has 1 saturated carbocycles. The zero-order valence-corrected chi connectivity index (χ0v) is 9.34. The molecule has 0 aromatic heterocycles. The molecule has 4 heteroatoms. The summed E-state index contributed by atoms with van der Waals surface area (Å²) in [6, 6.07) is 0.673. The highest BCUT2D eigenvalue weighted by Crippen LogP contribution is 2.27. The molecule has 0 aliphatic heterocycles. The van der Waals surface area contributed by atoms with Gasteiger partial charge in [0.05, 0.1) is 0 Å². The third kappa shape index (κ3) is 2.45. The van der Waals surface area contributed by atoms with Gasteiger partial charge in [0.2, 0.25) is 5.91 Å². The lowest BCUT2D eigenvalue weighted by molar-refractivity contribution is -0.124. The fourth-order valence-corrected chi connectivity index (χ4v) is 1.63. The van der Waals surface area contributed by atoms with Gasteiger partial charge in [-0.3, -0.25) is 9.69 Å². The zero-order chi connectivity index (χ0) is 10.8. The Labute approximate surface area is 85.8 Å². The predicted octanol–water partition coefficient (Wildman–Crippen LogP) is -0.0659. The molecule has 1 atom stereocenters. The van der Waals surface area contributed by atoms with E-state index in [4.69, 9.17) is 5.73 Å². The topological polar surface area (TPSA) is 58.4 Å². The first-order chi connectivity index (χ1) is 6.53. The molecule has 0 aromatic carbocycles.